The number of hydrogen-bond donors (Lipinski definition) is 1. The zero-order valence-corrected chi connectivity index (χ0v) is 13.9. The summed E-state index contributed by atoms with van der Waals surface area (Å²) in [6, 6.07) is 2.56. The van der Waals surface area contributed by atoms with Gasteiger partial charge in [0.15, 0.2) is 5.76 Å². The maximum absolute atomic E-state index is 13.5. The zero-order valence-electron chi connectivity index (χ0n) is 13.1. The first-order valence-corrected chi connectivity index (χ1v) is 8.21. The van der Waals surface area contributed by atoms with Gasteiger partial charge in [-0.25, -0.2) is 17.2 Å². The molecule has 0 saturated heterocycles. The summed E-state index contributed by atoms with van der Waals surface area (Å²) in [7, 11) is -2.83. The largest absolute Gasteiger partial charge is 0.360 e. The van der Waals surface area contributed by atoms with Crippen molar-refractivity contribution in [3.8, 4) is 0 Å². The van der Waals surface area contributed by atoms with Gasteiger partial charge in [-0.3, -0.25) is 4.79 Å². The molecule has 0 bridgehead atoms. The number of benzene rings is 1. The number of likely N-dealkylation sites (N-methyl/N-ethyl adjacent to an activating group) is 1. The van der Waals surface area contributed by atoms with Gasteiger partial charge in [0.25, 0.3) is 0 Å². The van der Waals surface area contributed by atoms with E-state index >= 15 is 0 Å². The van der Waals surface area contributed by atoms with Crippen molar-refractivity contribution in [1.82, 2.24) is 9.46 Å². The molecule has 0 unspecified atom stereocenters. The molecule has 1 amide bonds. The van der Waals surface area contributed by atoms with Crippen LogP contribution < -0.4 is 5.32 Å². The van der Waals surface area contributed by atoms with Crippen LogP contribution in [0.2, 0.25) is 0 Å². The highest BCUT2D eigenvalue weighted by Gasteiger charge is 2.29. The van der Waals surface area contributed by atoms with E-state index in [0.717, 1.165) is 22.5 Å². The average molecular weight is 359 g/mol. The molecule has 0 aliphatic carbocycles. The first-order valence-electron chi connectivity index (χ1n) is 6.77. The van der Waals surface area contributed by atoms with Crippen LogP contribution in [0, 0.1) is 25.5 Å². The Morgan fingerprint density at radius 3 is 2.58 bits per heavy atom. The Labute approximate surface area is 137 Å². The van der Waals surface area contributed by atoms with Gasteiger partial charge in [-0.15, -0.1) is 0 Å². The Balaban J connectivity index is 2.15. The second-order valence-electron chi connectivity index (χ2n) is 5.09. The summed E-state index contributed by atoms with van der Waals surface area (Å²) in [6.45, 7) is 2.30. The quantitative estimate of drug-likeness (QED) is 0.879. The number of sulfonamides is 1. The lowest BCUT2D eigenvalue weighted by Crippen LogP contribution is -2.35. The molecule has 0 aliphatic heterocycles. The van der Waals surface area contributed by atoms with Crippen LogP contribution in [0.25, 0.3) is 0 Å². The van der Waals surface area contributed by atoms with Gasteiger partial charge in [0.05, 0.1) is 12.2 Å². The molecule has 0 fully saturated rings. The number of nitrogens with one attached hydrogen (secondary N) is 1. The van der Waals surface area contributed by atoms with Crippen molar-refractivity contribution in [3.63, 3.8) is 0 Å². The Kier molecular flexibility index (Phi) is 4.99. The summed E-state index contributed by atoms with van der Waals surface area (Å²) >= 11 is 0. The zero-order chi connectivity index (χ0) is 18.1. The highest BCUT2D eigenvalue weighted by atomic mass is 32.2. The summed E-state index contributed by atoms with van der Waals surface area (Å²) < 4.78 is 57.1. The number of aromatic nitrogens is 1. The van der Waals surface area contributed by atoms with Crippen LogP contribution in [0.4, 0.5) is 14.5 Å². The number of carbonyl (C=O) groups is 1. The third-order valence-electron chi connectivity index (χ3n) is 3.20. The molecule has 2 rings (SSSR count). The number of halogens is 2. The van der Waals surface area contributed by atoms with Gasteiger partial charge in [0, 0.05) is 13.1 Å². The monoisotopic (exact) mass is 359 g/mol. The van der Waals surface area contributed by atoms with E-state index < -0.39 is 34.1 Å². The predicted molar refractivity (Wildman–Crippen MR) is 80.8 cm³/mol. The van der Waals surface area contributed by atoms with E-state index in [1.54, 1.807) is 0 Å². The van der Waals surface area contributed by atoms with E-state index in [9.17, 15) is 22.0 Å². The minimum absolute atomic E-state index is 0.0935. The lowest BCUT2D eigenvalue weighted by molar-refractivity contribution is -0.116. The molecule has 24 heavy (non-hydrogen) atoms. The van der Waals surface area contributed by atoms with Gasteiger partial charge in [0.2, 0.25) is 15.9 Å². The lowest BCUT2D eigenvalue weighted by Gasteiger charge is -2.16. The van der Waals surface area contributed by atoms with Gasteiger partial charge in [-0.05, 0) is 26.0 Å². The summed E-state index contributed by atoms with van der Waals surface area (Å²) in [4.78, 5) is 11.8. The third-order valence-corrected chi connectivity index (χ3v) is 5.25. The first-order chi connectivity index (χ1) is 11.1. The van der Waals surface area contributed by atoms with E-state index in [4.69, 9.17) is 4.52 Å². The maximum atomic E-state index is 13.5. The Hall–Kier alpha value is -2.33. The number of anilines is 1. The number of nitrogens with zero attached hydrogens (tertiary/aromatic N) is 2. The van der Waals surface area contributed by atoms with Crippen LogP contribution in [0.3, 0.4) is 0 Å². The summed E-state index contributed by atoms with van der Waals surface area (Å²) in [5, 5.41) is 5.69. The predicted octanol–water partition coefficient (Wildman–Crippen LogP) is 1.83. The number of carbonyl (C=O) groups excluding carboxylic acids is 1. The minimum Gasteiger partial charge on any atom is -0.360 e. The van der Waals surface area contributed by atoms with E-state index in [1.165, 1.54) is 20.9 Å². The number of aryl methyl sites for hydroxylation is 2. The summed E-state index contributed by atoms with van der Waals surface area (Å²) in [6.07, 6.45) is 0. The highest BCUT2D eigenvalue weighted by molar-refractivity contribution is 7.89. The fraction of sp³-hybridized carbons (Fsp3) is 0.286. The average Bonchev–Trinajstić information content (AvgIpc) is 2.82. The minimum atomic E-state index is -4.01. The van der Waals surface area contributed by atoms with Crippen LogP contribution >= 0.6 is 0 Å². The van der Waals surface area contributed by atoms with Crippen molar-refractivity contribution in [2.24, 2.45) is 0 Å². The Morgan fingerprint density at radius 1 is 1.33 bits per heavy atom. The number of hydrogen-bond acceptors (Lipinski definition) is 5. The standard InChI is InChI=1S/C14H15F2N3O4S/c1-8-14(9(2)23-18-8)24(21,22)19(3)7-13(20)17-12-6-10(15)4-5-11(12)16/h4-6H,7H2,1-3H3,(H,17,20). The Bertz CT molecular complexity index is 861. The van der Waals surface area contributed by atoms with E-state index in [0.29, 0.717) is 0 Å². The van der Waals surface area contributed by atoms with Crippen LogP contribution in [0.5, 0.6) is 0 Å². The molecule has 1 heterocycles. The first kappa shape index (κ1) is 18.0. The molecule has 0 spiro atoms. The summed E-state index contributed by atoms with van der Waals surface area (Å²) in [5.41, 5.74) is -0.209. The molecule has 0 saturated carbocycles. The second-order valence-corrected chi connectivity index (χ2v) is 7.07. The van der Waals surface area contributed by atoms with Gasteiger partial charge in [0.1, 0.15) is 22.2 Å². The van der Waals surface area contributed by atoms with Crippen LogP contribution in [-0.4, -0.2) is 37.4 Å². The van der Waals surface area contributed by atoms with Gasteiger partial charge in [-0.1, -0.05) is 5.16 Å². The fourth-order valence-corrected chi connectivity index (χ4v) is 3.48. The van der Waals surface area contributed by atoms with E-state index in [1.807, 2.05) is 0 Å². The molecule has 1 N–H and O–H groups in total. The molecule has 0 atom stereocenters. The molecule has 2 aromatic rings. The molecule has 0 aliphatic rings. The normalized spacial score (nSPS) is 11.8. The van der Waals surface area contributed by atoms with Gasteiger partial charge in [-0.2, -0.15) is 4.31 Å². The van der Waals surface area contributed by atoms with Crippen molar-refractivity contribution >= 4 is 21.6 Å². The maximum Gasteiger partial charge on any atom is 0.248 e. The van der Waals surface area contributed by atoms with Crippen LogP contribution in [0.15, 0.2) is 27.6 Å². The molecular formula is C14H15F2N3O4S. The van der Waals surface area contributed by atoms with Crippen molar-refractivity contribution in [3.05, 3.63) is 41.3 Å². The second kappa shape index (κ2) is 6.65. The smallest absolute Gasteiger partial charge is 0.248 e. The highest BCUT2D eigenvalue weighted by Crippen LogP contribution is 2.22. The molecule has 1 aromatic carbocycles. The summed E-state index contributed by atoms with van der Waals surface area (Å²) in [5.74, 6) is -2.29. The van der Waals surface area contributed by atoms with E-state index in [-0.39, 0.29) is 22.0 Å². The van der Waals surface area contributed by atoms with Crippen LogP contribution in [0.1, 0.15) is 11.5 Å². The van der Waals surface area contributed by atoms with Crippen LogP contribution in [-0.2, 0) is 14.8 Å². The van der Waals surface area contributed by atoms with Crippen molar-refractivity contribution in [2.45, 2.75) is 18.7 Å². The van der Waals surface area contributed by atoms with Crippen molar-refractivity contribution in [1.29, 1.82) is 0 Å². The topological polar surface area (TPSA) is 92.5 Å². The Morgan fingerprint density at radius 2 is 2.00 bits per heavy atom. The molecule has 7 nitrogen and oxygen atoms in total. The number of amides is 1. The molecule has 10 heteroatoms. The molecule has 0 radical (unpaired) electrons. The van der Waals surface area contributed by atoms with E-state index in [2.05, 4.69) is 10.5 Å². The molecule has 1 aromatic heterocycles. The fourth-order valence-electron chi connectivity index (χ4n) is 2.07. The number of rotatable bonds is 5. The van der Waals surface area contributed by atoms with Gasteiger partial charge >= 0.3 is 0 Å². The molecule has 130 valence electrons. The van der Waals surface area contributed by atoms with Gasteiger partial charge < -0.3 is 9.84 Å². The lowest BCUT2D eigenvalue weighted by atomic mass is 10.3. The molecular weight excluding hydrogens is 344 g/mol. The SMILES string of the molecule is Cc1noc(C)c1S(=O)(=O)N(C)CC(=O)Nc1cc(F)ccc1F. The third kappa shape index (κ3) is 3.60. The van der Waals surface area contributed by atoms with Crippen molar-refractivity contribution in [2.75, 3.05) is 18.9 Å². The van der Waals surface area contributed by atoms with Crippen molar-refractivity contribution < 1.29 is 26.5 Å².